The summed E-state index contributed by atoms with van der Waals surface area (Å²) in [4.78, 5) is 40.4. The summed E-state index contributed by atoms with van der Waals surface area (Å²) >= 11 is 0. The zero-order chi connectivity index (χ0) is 17.9. The van der Waals surface area contributed by atoms with Crippen molar-refractivity contribution >= 4 is 23.4 Å². The van der Waals surface area contributed by atoms with Gasteiger partial charge in [-0.1, -0.05) is 48.5 Å². The van der Waals surface area contributed by atoms with E-state index in [1.807, 2.05) is 59.9 Å². The van der Waals surface area contributed by atoms with E-state index in [0.717, 1.165) is 16.8 Å². The largest absolute Gasteiger partial charge is 0.328 e. The number of fused-ring (bicyclic) bond motifs is 4. The second-order valence-electron chi connectivity index (χ2n) is 7.14. The predicted octanol–water partition coefficient (Wildman–Crippen LogP) is 0.212. The van der Waals surface area contributed by atoms with Crippen LogP contribution in [0.15, 0.2) is 54.6 Å². The van der Waals surface area contributed by atoms with Crippen molar-refractivity contribution < 1.29 is 19.7 Å². The minimum atomic E-state index is -1.03. The third-order valence-electron chi connectivity index (χ3n) is 5.88. The number of carbonyl (C=O) groups excluding carboxylic acids is 3. The number of imide groups is 1. The van der Waals surface area contributed by atoms with Crippen LogP contribution in [0.25, 0.3) is 0 Å². The van der Waals surface area contributed by atoms with Crippen molar-refractivity contribution in [2.45, 2.75) is 12.1 Å². The van der Waals surface area contributed by atoms with Gasteiger partial charge in [-0.2, -0.15) is 0 Å². The molecule has 3 N–H and O–H groups in total. The van der Waals surface area contributed by atoms with Crippen molar-refractivity contribution in [2.24, 2.45) is 11.8 Å². The Labute approximate surface area is 150 Å². The van der Waals surface area contributed by atoms with Crippen LogP contribution >= 0.6 is 0 Å². The summed E-state index contributed by atoms with van der Waals surface area (Å²) in [6.45, 7) is 0.702. The monoisotopic (exact) mass is 348 g/mol. The number of nitrogens with zero attached hydrogens (tertiary/aromatic N) is 1. The van der Waals surface area contributed by atoms with Crippen LogP contribution in [0.2, 0.25) is 0 Å². The second kappa shape index (κ2) is 5.25. The van der Waals surface area contributed by atoms with Gasteiger partial charge in [0.1, 0.15) is 11.8 Å². The van der Waals surface area contributed by atoms with Gasteiger partial charge in [0, 0.05) is 5.56 Å². The number of rotatable bonds is 2. The quantitative estimate of drug-likeness (QED) is 0.761. The topological polar surface area (TPSA) is 83.1 Å². The predicted molar refractivity (Wildman–Crippen MR) is 92.5 cm³/mol. The highest BCUT2D eigenvalue weighted by Crippen LogP contribution is 2.47. The summed E-state index contributed by atoms with van der Waals surface area (Å²) in [7, 11) is 0. The molecule has 2 aromatic carbocycles. The van der Waals surface area contributed by atoms with Gasteiger partial charge in [0.25, 0.3) is 5.91 Å². The van der Waals surface area contributed by atoms with E-state index < -0.39 is 17.4 Å². The van der Waals surface area contributed by atoms with Crippen molar-refractivity contribution in [3.8, 4) is 0 Å². The molecule has 5 rings (SSSR count). The molecule has 26 heavy (non-hydrogen) atoms. The maximum absolute atomic E-state index is 13.2. The van der Waals surface area contributed by atoms with Crippen molar-refractivity contribution in [1.29, 1.82) is 0 Å². The van der Waals surface area contributed by atoms with E-state index >= 15 is 0 Å². The van der Waals surface area contributed by atoms with Crippen LogP contribution in [0.3, 0.4) is 0 Å². The van der Waals surface area contributed by atoms with Crippen LogP contribution in [0.5, 0.6) is 0 Å². The average molecular weight is 348 g/mol. The molecule has 130 valence electrons. The third kappa shape index (κ3) is 1.82. The van der Waals surface area contributed by atoms with Gasteiger partial charge in [-0.05, 0) is 11.6 Å². The molecular weight excluding hydrogens is 330 g/mol. The van der Waals surface area contributed by atoms with Crippen LogP contribution in [0.1, 0.15) is 11.1 Å². The SMILES string of the molecule is O=C1[C@@H]2[C@@H](C[NH2+][C@]23C(=O)Nc2ccccc23)C(=O)N1Cc1ccccc1. The molecule has 0 aliphatic carbocycles. The Balaban J connectivity index is 1.55. The number of likely N-dealkylation sites (tertiary alicyclic amines) is 1. The molecule has 3 heterocycles. The van der Waals surface area contributed by atoms with Gasteiger partial charge in [0.2, 0.25) is 17.4 Å². The van der Waals surface area contributed by atoms with Crippen molar-refractivity contribution in [1.82, 2.24) is 4.90 Å². The minimum absolute atomic E-state index is 0.172. The molecule has 3 amide bonds. The first-order valence-corrected chi connectivity index (χ1v) is 8.77. The first-order valence-electron chi connectivity index (χ1n) is 8.77. The number of anilines is 1. The Hall–Kier alpha value is -2.99. The highest BCUT2D eigenvalue weighted by atomic mass is 16.2. The Kier molecular flexibility index (Phi) is 3.09. The first kappa shape index (κ1) is 15.3. The summed E-state index contributed by atoms with van der Waals surface area (Å²) in [6, 6.07) is 16.9. The van der Waals surface area contributed by atoms with E-state index in [0.29, 0.717) is 6.54 Å². The highest BCUT2D eigenvalue weighted by molar-refractivity contribution is 6.13. The molecule has 2 saturated heterocycles. The van der Waals surface area contributed by atoms with Crippen LogP contribution < -0.4 is 10.6 Å². The maximum Gasteiger partial charge on any atom is 0.291 e. The van der Waals surface area contributed by atoms with Crippen LogP contribution in [-0.2, 0) is 26.5 Å². The van der Waals surface area contributed by atoms with E-state index in [-0.39, 0.29) is 24.3 Å². The Morgan fingerprint density at radius 3 is 2.54 bits per heavy atom. The van der Waals surface area contributed by atoms with Gasteiger partial charge < -0.3 is 10.6 Å². The summed E-state index contributed by atoms with van der Waals surface area (Å²) in [5.41, 5.74) is 1.42. The molecule has 3 atom stereocenters. The van der Waals surface area contributed by atoms with Gasteiger partial charge in [-0.25, -0.2) is 0 Å². The summed E-state index contributed by atoms with van der Waals surface area (Å²) in [5.74, 6) is -1.72. The standard InChI is InChI=1S/C20H17N3O3/c24-17-13-10-21-20(14-8-4-5-9-15(14)22-19(20)26)16(13)18(25)23(17)11-12-6-2-1-3-7-12/h1-9,13,16,21H,10-11H2,(H,22,26)/p+1/t13-,16+,20+/m1/s1. The Bertz CT molecular complexity index is 942. The highest BCUT2D eigenvalue weighted by Gasteiger charge is 2.71. The number of quaternary nitrogens is 1. The van der Waals surface area contributed by atoms with Crippen LogP contribution in [0.4, 0.5) is 5.69 Å². The molecule has 0 unspecified atom stereocenters. The van der Waals surface area contributed by atoms with E-state index in [9.17, 15) is 14.4 Å². The molecule has 0 radical (unpaired) electrons. The van der Waals surface area contributed by atoms with Crippen molar-refractivity contribution in [3.05, 3.63) is 65.7 Å². The summed E-state index contributed by atoms with van der Waals surface area (Å²) in [6.07, 6.45) is 0. The zero-order valence-electron chi connectivity index (χ0n) is 14.0. The van der Waals surface area contributed by atoms with Gasteiger partial charge in [-0.3, -0.25) is 19.3 Å². The van der Waals surface area contributed by atoms with Gasteiger partial charge >= 0.3 is 0 Å². The third-order valence-corrected chi connectivity index (χ3v) is 5.88. The first-order chi connectivity index (χ1) is 12.6. The molecule has 0 aromatic heterocycles. The zero-order valence-corrected chi connectivity index (χ0v) is 14.0. The fourth-order valence-corrected chi connectivity index (χ4v) is 4.71. The lowest BCUT2D eigenvalue weighted by Crippen LogP contribution is -2.95. The molecule has 6 heteroatoms. The summed E-state index contributed by atoms with van der Waals surface area (Å²) in [5, 5.41) is 4.76. The van der Waals surface area contributed by atoms with Gasteiger partial charge in [0.05, 0.1) is 18.8 Å². The average Bonchev–Trinajstić information content (AvgIpc) is 3.26. The lowest BCUT2D eigenvalue weighted by Gasteiger charge is -2.25. The number of amides is 3. The molecule has 6 nitrogen and oxygen atoms in total. The fourth-order valence-electron chi connectivity index (χ4n) is 4.71. The van der Waals surface area contributed by atoms with Gasteiger partial charge in [0.15, 0.2) is 0 Å². The van der Waals surface area contributed by atoms with Crippen LogP contribution in [-0.4, -0.2) is 29.2 Å². The lowest BCUT2D eigenvalue weighted by atomic mass is 9.77. The Morgan fingerprint density at radius 2 is 1.73 bits per heavy atom. The second-order valence-corrected chi connectivity index (χ2v) is 7.14. The number of hydrogen-bond acceptors (Lipinski definition) is 3. The molecule has 3 aliphatic heterocycles. The van der Waals surface area contributed by atoms with Crippen LogP contribution in [0, 0.1) is 11.8 Å². The number of hydrogen-bond donors (Lipinski definition) is 2. The number of nitrogens with one attached hydrogen (secondary N) is 1. The lowest BCUT2D eigenvalue weighted by molar-refractivity contribution is -0.704. The molecule has 2 aromatic rings. The van der Waals surface area contributed by atoms with E-state index in [2.05, 4.69) is 5.32 Å². The van der Waals surface area contributed by atoms with E-state index in [1.165, 1.54) is 4.90 Å². The van der Waals surface area contributed by atoms with Crippen molar-refractivity contribution in [2.75, 3.05) is 11.9 Å². The molecule has 2 fully saturated rings. The smallest absolute Gasteiger partial charge is 0.291 e. The Morgan fingerprint density at radius 1 is 1.00 bits per heavy atom. The van der Waals surface area contributed by atoms with Crippen molar-refractivity contribution in [3.63, 3.8) is 0 Å². The number of carbonyl (C=O) groups is 3. The molecular formula is C20H18N3O3+. The number of para-hydroxylation sites is 1. The maximum atomic E-state index is 13.2. The normalized spacial score (nSPS) is 29.2. The number of benzene rings is 2. The van der Waals surface area contributed by atoms with E-state index in [4.69, 9.17) is 0 Å². The van der Waals surface area contributed by atoms with E-state index in [1.54, 1.807) is 0 Å². The molecule has 0 saturated carbocycles. The molecule has 1 spiro atoms. The fraction of sp³-hybridized carbons (Fsp3) is 0.250. The molecule has 3 aliphatic rings. The summed E-state index contributed by atoms with van der Waals surface area (Å²) < 4.78 is 0. The number of nitrogens with two attached hydrogens (primary N) is 1. The van der Waals surface area contributed by atoms with Gasteiger partial charge in [-0.15, -0.1) is 0 Å². The minimum Gasteiger partial charge on any atom is -0.328 e. The molecule has 0 bridgehead atoms.